The first kappa shape index (κ1) is 11.6. The molecule has 0 aliphatic carbocycles. The van der Waals surface area contributed by atoms with Gasteiger partial charge in [-0.2, -0.15) is 0 Å². The Morgan fingerprint density at radius 3 is 3.12 bits per heavy atom. The Morgan fingerprint density at radius 2 is 2.50 bits per heavy atom. The third-order valence-corrected chi connectivity index (χ3v) is 3.79. The molecule has 1 saturated heterocycles. The monoisotopic (exact) mass is 240 g/mol. The molecule has 0 radical (unpaired) electrons. The largest absolute Gasteiger partial charge is 0.383 e. The zero-order chi connectivity index (χ0) is 11.5. The molecule has 2 rings (SSSR count). The van der Waals surface area contributed by atoms with Crippen LogP contribution in [0.4, 0.5) is 0 Å². The van der Waals surface area contributed by atoms with Crippen LogP contribution in [0.1, 0.15) is 17.3 Å². The smallest absolute Gasteiger partial charge is 0.224 e. The van der Waals surface area contributed by atoms with Gasteiger partial charge in [-0.3, -0.25) is 4.79 Å². The number of hydrogen-bond acceptors (Lipinski definition) is 4. The predicted octanol–water partition coefficient (Wildman–Crippen LogP) is 0.995. The molecular formula is C11H16N2O2S. The van der Waals surface area contributed by atoms with Gasteiger partial charge in [0.25, 0.3) is 0 Å². The van der Waals surface area contributed by atoms with Gasteiger partial charge in [-0.05, 0) is 11.4 Å². The van der Waals surface area contributed by atoms with E-state index in [1.54, 1.807) is 18.4 Å². The minimum Gasteiger partial charge on any atom is -0.383 e. The fraction of sp³-hybridized carbons (Fsp3) is 0.545. The van der Waals surface area contributed by atoms with Gasteiger partial charge in [0.05, 0.1) is 12.6 Å². The van der Waals surface area contributed by atoms with Crippen LogP contribution >= 0.6 is 11.3 Å². The van der Waals surface area contributed by atoms with E-state index in [1.807, 2.05) is 22.4 Å². The van der Waals surface area contributed by atoms with E-state index in [1.165, 1.54) is 0 Å². The molecule has 1 aromatic rings. The Kier molecular flexibility index (Phi) is 3.58. The molecule has 0 spiro atoms. The lowest BCUT2D eigenvalue weighted by Gasteiger charge is -2.25. The van der Waals surface area contributed by atoms with E-state index >= 15 is 0 Å². The molecule has 2 atom stereocenters. The molecule has 2 unspecified atom stereocenters. The number of amides is 1. The Morgan fingerprint density at radius 1 is 1.69 bits per heavy atom. The van der Waals surface area contributed by atoms with Crippen LogP contribution in [-0.4, -0.2) is 37.1 Å². The summed E-state index contributed by atoms with van der Waals surface area (Å²) in [6, 6.07) is 3.96. The number of carbonyl (C=O) groups excluding carboxylic acids is 1. The molecule has 1 amide bonds. The van der Waals surface area contributed by atoms with Gasteiger partial charge >= 0.3 is 0 Å². The predicted molar refractivity (Wildman–Crippen MR) is 63.2 cm³/mol. The van der Waals surface area contributed by atoms with E-state index in [-0.39, 0.29) is 18.0 Å². The van der Waals surface area contributed by atoms with Crippen molar-refractivity contribution in [3.8, 4) is 0 Å². The number of hydrogen-bond donors (Lipinski definition) is 1. The minimum absolute atomic E-state index is 0.0302. The number of nitrogens with zero attached hydrogens (tertiary/aromatic N) is 1. The fourth-order valence-electron chi connectivity index (χ4n) is 2.09. The highest BCUT2D eigenvalue weighted by Gasteiger charge is 2.38. The summed E-state index contributed by atoms with van der Waals surface area (Å²) in [4.78, 5) is 14.8. The lowest BCUT2D eigenvalue weighted by molar-refractivity contribution is -0.129. The first-order chi connectivity index (χ1) is 7.74. The highest BCUT2D eigenvalue weighted by atomic mass is 32.1. The van der Waals surface area contributed by atoms with Gasteiger partial charge in [-0.25, -0.2) is 0 Å². The quantitative estimate of drug-likeness (QED) is 0.854. The summed E-state index contributed by atoms with van der Waals surface area (Å²) in [6.07, 6.45) is 0.437. The zero-order valence-electron chi connectivity index (χ0n) is 9.26. The van der Waals surface area contributed by atoms with E-state index in [0.717, 1.165) is 4.88 Å². The second-order valence-corrected chi connectivity index (χ2v) is 4.89. The first-order valence-electron chi connectivity index (χ1n) is 5.31. The summed E-state index contributed by atoms with van der Waals surface area (Å²) in [5.74, 6) is 0.128. The lowest BCUT2D eigenvalue weighted by Crippen LogP contribution is -2.34. The molecule has 16 heavy (non-hydrogen) atoms. The first-order valence-corrected chi connectivity index (χ1v) is 6.19. The van der Waals surface area contributed by atoms with Crippen LogP contribution in [0, 0.1) is 0 Å². The van der Waals surface area contributed by atoms with Crippen LogP contribution in [0.5, 0.6) is 0 Å². The summed E-state index contributed by atoms with van der Waals surface area (Å²) in [7, 11) is 1.64. The van der Waals surface area contributed by atoms with Crippen molar-refractivity contribution in [1.82, 2.24) is 4.90 Å². The molecule has 2 heterocycles. The Bertz CT molecular complexity index is 353. The maximum Gasteiger partial charge on any atom is 0.224 e. The molecule has 2 N–H and O–H groups in total. The van der Waals surface area contributed by atoms with Crippen molar-refractivity contribution in [2.24, 2.45) is 5.73 Å². The SMILES string of the molecule is COCCN1C(=O)CC(N)C1c1cccs1. The molecule has 5 heteroatoms. The second kappa shape index (κ2) is 4.95. The van der Waals surface area contributed by atoms with Gasteiger partial charge in [0, 0.05) is 31.0 Å². The van der Waals surface area contributed by atoms with Crippen LogP contribution in [0.3, 0.4) is 0 Å². The maximum atomic E-state index is 11.8. The highest BCUT2D eigenvalue weighted by molar-refractivity contribution is 7.10. The molecule has 4 nitrogen and oxygen atoms in total. The van der Waals surface area contributed by atoms with Crippen molar-refractivity contribution in [3.05, 3.63) is 22.4 Å². The molecule has 1 fully saturated rings. The van der Waals surface area contributed by atoms with Crippen LogP contribution < -0.4 is 5.73 Å². The van der Waals surface area contributed by atoms with Gasteiger partial charge in [0.2, 0.25) is 5.91 Å². The lowest BCUT2D eigenvalue weighted by atomic mass is 10.1. The second-order valence-electron chi connectivity index (χ2n) is 3.91. The van der Waals surface area contributed by atoms with Crippen molar-refractivity contribution in [2.45, 2.75) is 18.5 Å². The molecular weight excluding hydrogens is 224 g/mol. The average molecular weight is 240 g/mol. The molecule has 1 aliphatic heterocycles. The van der Waals surface area contributed by atoms with Crippen molar-refractivity contribution < 1.29 is 9.53 Å². The molecule has 0 bridgehead atoms. The van der Waals surface area contributed by atoms with E-state index in [4.69, 9.17) is 10.5 Å². The third kappa shape index (κ3) is 2.11. The number of ether oxygens (including phenoxy) is 1. The number of carbonyl (C=O) groups is 1. The Balaban J connectivity index is 2.16. The number of methoxy groups -OCH3 is 1. The molecule has 1 aliphatic rings. The van der Waals surface area contributed by atoms with Crippen LogP contribution in [0.25, 0.3) is 0 Å². The number of nitrogens with two attached hydrogens (primary N) is 1. The molecule has 0 saturated carbocycles. The van der Waals surface area contributed by atoms with Crippen molar-refractivity contribution in [2.75, 3.05) is 20.3 Å². The topological polar surface area (TPSA) is 55.6 Å². The minimum atomic E-state index is -0.0944. The Hall–Kier alpha value is -0.910. The van der Waals surface area contributed by atoms with Crippen molar-refractivity contribution in [3.63, 3.8) is 0 Å². The van der Waals surface area contributed by atoms with E-state index in [2.05, 4.69) is 0 Å². The average Bonchev–Trinajstić information content (AvgIpc) is 2.83. The maximum absolute atomic E-state index is 11.8. The van der Waals surface area contributed by atoms with Gasteiger partial charge in [0.1, 0.15) is 0 Å². The van der Waals surface area contributed by atoms with Crippen LogP contribution in [0.2, 0.25) is 0 Å². The molecule has 0 aromatic carbocycles. The van der Waals surface area contributed by atoms with Crippen molar-refractivity contribution in [1.29, 1.82) is 0 Å². The normalized spacial score (nSPS) is 25.4. The standard InChI is InChI=1S/C11H16N2O2S/c1-15-5-4-13-10(14)7-8(12)11(13)9-3-2-6-16-9/h2-3,6,8,11H,4-5,7,12H2,1H3. The third-order valence-electron chi connectivity index (χ3n) is 2.84. The van der Waals surface area contributed by atoms with E-state index in [0.29, 0.717) is 19.6 Å². The molecule has 1 aromatic heterocycles. The van der Waals surface area contributed by atoms with Gasteiger partial charge < -0.3 is 15.4 Å². The van der Waals surface area contributed by atoms with E-state index < -0.39 is 0 Å². The van der Waals surface area contributed by atoms with Gasteiger partial charge in [-0.15, -0.1) is 11.3 Å². The summed E-state index contributed by atoms with van der Waals surface area (Å²) >= 11 is 1.65. The summed E-state index contributed by atoms with van der Waals surface area (Å²) in [6.45, 7) is 1.17. The summed E-state index contributed by atoms with van der Waals surface area (Å²) in [5, 5.41) is 2.01. The number of rotatable bonds is 4. The van der Waals surface area contributed by atoms with Gasteiger partial charge in [-0.1, -0.05) is 6.07 Å². The Labute approximate surface area is 99.0 Å². The fourth-order valence-corrected chi connectivity index (χ4v) is 3.01. The summed E-state index contributed by atoms with van der Waals surface area (Å²) in [5.41, 5.74) is 6.03. The van der Waals surface area contributed by atoms with Gasteiger partial charge in [0.15, 0.2) is 0 Å². The van der Waals surface area contributed by atoms with Crippen molar-refractivity contribution >= 4 is 17.2 Å². The van der Waals surface area contributed by atoms with Crippen LogP contribution in [-0.2, 0) is 9.53 Å². The number of likely N-dealkylation sites (tertiary alicyclic amines) is 1. The van der Waals surface area contributed by atoms with Crippen LogP contribution in [0.15, 0.2) is 17.5 Å². The highest BCUT2D eigenvalue weighted by Crippen LogP contribution is 2.34. The van der Waals surface area contributed by atoms with E-state index in [9.17, 15) is 4.79 Å². The molecule has 88 valence electrons. The zero-order valence-corrected chi connectivity index (χ0v) is 10.1. The summed E-state index contributed by atoms with van der Waals surface area (Å²) < 4.78 is 5.02. The number of thiophene rings is 1.